The number of carbonyl (C=O) groups excluding carboxylic acids is 1. The van der Waals surface area contributed by atoms with Gasteiger partial charge < -0.3 is 15.3 Å². The largest absolute Gasteiger partial charge is 0.481 e. The van der Waals surface area contributed by atoms with Crippen LogP contribution < -0.4 is 10.2 Å². The molecular formula is C13H20N4O3. The van der Waals surface area contributed by atoms with Gasteiger partial charge in [-0.2, -0.15) is 0 Å². The summed E-state index contributed by atoms with van der Waals surface area (Å²) in [5.41, 5.74) is 0. The average Bonchev–Trinajstić information content (AvgIpc) is 2.39. The Balaban J connectivity index is 2.46. The van der Waals surface area contributed by atoms with E-state index in [1.165, 1.54) is 0 Å². The molecule has 1 aromatic heterocycles. The minimum atomic E-state index is -0.903. The van der Waals surface area contributed by atoms with Gasteiger partial charge in [0.2, 0.25) is 11.9 Å². The molecule has 1 heterocycles. The van der Waals surface area contributed by atoms with Gasteiger partial charge in [0.15, 0.2) is 0 Å². The number of aliphatic carboxylic acids is 1. The van der Waals surface area contributed by atoms with Crippen LogP contribution in [0.3, 0.4) is 0 Å². The number of carbonyl (C=O) groups is 2. The van der Waals surface area contributed by atoms with Crippen LogP contribution in [0.1, 0.15) is 13.8 Å². The number of carboxylic acid groups (broad SMARTS) is 1. The molecule has 0 saturated carbocycles. The van der Waals surface area contributed by atoms with Crippen molar-refractivity contribution in [2.24, 2.45) is 11.8 Å². The van der Waals surface area contributed by atoms with E-state index >= 15 is 0 Å². The van der Waals surface area contributed by atoms with Crippen LogP contribution in [0, 0.1) is 11.8 Å². The molecule has 0 aliphatic rings. The summed E-state index contributed by atoms with van der Waals surface area (Å²) >= 11 is 0. The number of amides is 1. The van der Waals surface area contributed by atoms with Crippen LogP contribution in [0.4, 0.5) is 5.95 Å². The van der Waals surface area contributed by atoms with E-state index in [0.717, 1.165) is 0 Å². The number of rotatable bonds is 7. The van der Waals surface area contributed by atoms with E-state index in [0.29, 0.717) is 5.95 Å². The predicted molar refractivity (Wildman–Crippen MR) is 74.3 cm³/mol. The van der Waals surface area contributed by atoms with Gasteiger partial charge in [0.25, 0.3) is 0 Å². The Morgan fingerprint density at radius 2 is 1.95 bits per heavy atom. The average molecular weight is 280 g/mol. The van der Waals surface area contributed by atoms with Gasteiger partial charge in [-0.1, -0.05) is 13.8 Å². The van der Waals surface area contributed by atoms with Crippen molar-refractivity contribution in [3.63, 3.8) is 0 Å². The van der Waals surface area contributed by atoms with Crippen LogP contribution in [-0.2, 0) is 9.59 Å². The number of nitrogens with one attached hydrogen (secondary N) is 1. The van der Waals surface area contributed by atoms with Gasteiger partial charge in [-0.05, 0) is 12.0 Å². The van der Waals surface area contributed by atoms with Gasteiger partial charge in [0.05, 0.1) is 12.5 Å². The van der Waals surface area contributed by atoms with E-state index in [9.17, 15) is 9.59 Å². The lowest BCUT2D eigenvalue weighted by molar-refractivity contribution is -0.143. The van der Waals surface area contributed by atoms with Crippen molar-refractivity contribution in [3.8, 4) is 0 Å². The molecule has 7 nitrogen and oxygen atoms in total. The predicted octanol–water partition coefficient (Wildman–Crippen LogP) is 0.386. The fourth-order valence-corrected chi connectivity index (χ4v) is 1.66. The van der Waals surface area contributed by atoms with E-state index in [1.807, 2.05) is 13.8 Å². The maximum Gasteiger partial charge on any atom is 0.308 e. The van der Waals surface area contributed by atoms with E-state index in [1.54, 1.807) is 30.4 Å². The van der Waals surface area contributed by atoms with Gasteiger partial charge in [0, 0.05) is 26.0 Å². The summed E-state index contributed by atoms with van der Waals surface area (Å²) in [4.78, 5) is 32.4. The molecule has 0 bridgehead atoms. The topological polar surface area (TPSA) is 95.4 Å². The van der Waals surface area contributed by atoms with Gasteiger partial charge in [0.1, 0.15) is 0 Å². The van der Waals surface area contributed by atoms with Crippen LogP contribution in [0.5, 0.6) is 0 Å². The number of nitrogens with zero attached hydrogens (tertiary/aromatic N) is 3. The summed E-state index contributed by atoms with van der Waals surface area (Å²) < 4.78 is 0. The van der Waals surface area contributed by atoms with Crippen molar-refractivity contribution in [1.82, 2.24) is 15.3 Å². The molecule has 1 aromatic rings. The second kappa shape index (κ2) is 7.42. The lowest BCUT2D eigenvalue weighted by Gasteiger charge is -2.19. The number of aromatic nitrogens is 2. The Morgan fingerprint density at radius 1 is 1.35 bits per heavy atom. The molecule has 0 spiro atoms. The monoisotopic (exact) mass is 280 g/mol. The van der Waals surface area contributed by atoms with Crippen molar-refractivity contribution in [2.75, 3.05) is 25.0 Å². The highest BCUT2D eigenvalue weighted by Crippen LogP contribution is 2.09. The Kier molecular flexibility index (Phi) is 5.89. The molecule has 1 unspecified atom stereocenters. The molecule has 2 N–H and O–H groups in total. The molecule has 1 rings (SSSR count). The lowest BCUT2D eigenvalue weighted by Crippen LogP contribution is -2.40. The number of likely N-dealkylation sites (N-methyl/N-ethyl adjacent to an activating group) is 1. The first-order chi connectivity index (χ1) is 9.41. The fraction of sp³-hybridized carbons (Fsp3) is 0.538. The Morgan fingerprint density at radius 3 is 2.45 bits per heavy atom. The van der Waals surface area contributed by atoms with E-state index in [2.05, 4.69) is 15.3 Å². The van der Waals surface area contributed by atoms with Crippen molar-refractivity contribution in [2.45, 2.75) is 13.8 Å². The first-order valence-corrected chi connectivity index (χ1v) is 6.39. The van der Waals surface area contributed by atoms with Crippen LogP contribution in [0.15, 0.2) is 18.5 Å². The Hall–Kier alpha value is -2.18. The van der Waals surface area contributed by atoms with Crippen molar-refractivity contribution < 1.29 is 14.7 Å². The lowest BCUT2D eigenvalue weighted by atomic mass is 9.96. The van der Waals surface area contributed by atoms with Gasteiger partial charge in [-0.25, -0.2) is 9.97 Å². The molecule has 1 amide bonds. The van der Waals surface area contributed by atoms with Crippen LogP contribution in [0.25, 0.3) is 0 Å². The van der Waals surface area contributed by atoms with Crippen molar-refractivity contribution >= 4 is 17.8 Å². The summed E-state index contributed by atoms with van der Waals surface area (Å²) in [6.07, 6.45) is 3.19. The Labute approximate surface area is 118 Å². The Bertz CT molecular complexity index is 450. The molecule has 0 saturated heterocycles. The van der Waals surface area contributed by atoms with Crippen molar-refractivity contribution in [3.05, 3.63) is 18.5 Å². The quantitative estimate of drug-likeness (QED) is 0.750. The first kappa shape index (κ1) is 15.9. The van der Waals surface area contributed by atoms with E-state index in [-0.39, 0.29) is 24.9 Å². The highest BCUT2D eigenvalue weighted by atomic mass is 16.4. The molecule has 0 aliphatic carbocycles. The molecular weight excluding hydrogens is 260 g/mol. The van der Waals surface area contributed by atoms with Crippen molar-refractivity contribution in [1.29, 1.82) is 0 Å². The van der Waals surface area contributed by atoms with E-state index in [4.69, 9.17) is 5.11 Å². The molecule has 0 radical (unpaired) electrons. The second-order valence-corrected chi connectivity index (χ2v) is 4.90. The molecule has 0 aliphatic heterocycles. The zero-order chi connectivity index (χ0) is 15.1. The number of hydrogen-bond donors (Lipinski definition) is 2. The summed E-state index contributed by atoms with van der Waals surface area (Å²) in [7, 11) is 1.70. The third-order valence-electron chi connectivity index (χ3n) is 2.92. The number of anilines is 1. The molecule has 20 heavy (non-hydrogen) atoms. The fourth-order valence-electron chi connectivity index (χ4n) is 1.66. The van der Waals surface area contributed by atoms with Gasteiger partial charge in [-0.15, -0.1) is 0 Å². The number of hydrogen-bond acceptors (Lipinski definition) is 5. The SMILES string of the molecule is CC(C)C(CNC(=O)CN(C)c1ncccn1)C(=O)O. The highest BCUT2D eigenvalue weighted by Gasteiger charge is 2.22. The number of carboxylic acids is 1. The minimum Gasteiger partial charge on any atom is -0.481 e. The molecule has 110 valence electrons. The molecule has 1 atom stereocenters. The first-order valence-electron chi connectivity index (χ1n) is 6.39. The van der Waals surface area contributed by atoms with Crippen LogP contribution in [-0.4, -0.2) is 47.1 Å². The summed E-state index contributed by atoms with van der Waals surface area (Å²) in [6.45, 7) is 3.83. The van der Waals surface area contributed by atoms with Crippen LogP contribution in [0.2, 0.25) is 0 Å². The third-order valence-corrected chi connectivity index (χ3v) is 2.92. The third kappa shape index (κ3) is 4.83. The molecule has 7 heteroatoms. The maximum atomic E-state index is 11.8. The smallest absolute Gasteiger partial charge is 0.308 e. The maximum absolute atomic E-state index is 11.8. The van der Waals surface area contributed by atoms with E-state index < -0.39 is 11.9 Å². The van der Waals surface area contributed by atoms with Gasteiger partial charge in [-0.3, -0.25) is 9.59 Å². The summed E-state index contributed by atoms with van der Waals surface area (Å²) in [6, 6.07) is 1.69. The molecule has 0 fully saturated rings. The zero-order valence-corrected chi connectivity index (χ0v) is 11.9. The highest BCUT2D eigenvalue weighted by molar-refractivity contribution is 5.81. The van der Waals surface area contributed by atoms with Crippen LogP contribution >= 0.6 is 0 Å². The summed E-state index contributed by atoms with van der Waals surface area (Å²) in [5, 5.41) is 11.7. The zero-order valence-electron chi connectivity index (χ0n) is 11.9. The normalized spacial score (nSPS) is 12.0. The second-order valence-electron chi connectivity index (χ2n) is 4.90. The minimum absolute atomic E-state index is 0.0389. The van der Waals surface area contributed by atoms with Gasteiger partial charge >= 0.3 is 5.97 Å². The summed E-state index contributed by atoms with van der Waals surface area (Å²) in [5.74, 6) is -1.34. The standard InChI is InChI=1S/C13H20N4O3/c1-9(2)10(12(19)20)7-16-11(18)8-17(3)13-14-5-4-6-15-13/h4-6,9-10H,7-8H2,1-3H3,(H,16,18)(H,19,20). The molecule has 0 aromatic carbocycles.